The zero-order chi connectivity index (χ0) is 13.9. The molecule has 0 aromatic heterocycles. The van der Waals surface area contributed by atoms with Crippen molar-refractivity contribution in [2.24, 2.45) is 0 Å². The number of hydrogen-bond donors (Lipinski definition) is 1. The molecule has 0 heterocycles. The molecule has 3 heteroatoms. The molecule has 0 amide bonds. The maximum absolute atomic E-state index is 3.57. The summed E-state index contributed by atoms with van der Waals surface area (Å²) in [6, 6.07) is 21.1. The van der Waals surface area contributed by atoms with Gasteiger partial charge >= 0.3 is 0 Å². The lowest BCUT2D eigenvalue weighted by molar-refractivity contribution is 1.15. The van der Waals surface area contributed by atoms with Gasteiger partial charge in [0, 0.05) is 21.2 Å². The van der Waals surface area contributed by atoms with E-state index in [1.807, 2.05) is 12.1 Å². The topological polar surface area (TPSA) is 12.0 Å². The maximum Gasteiger partial charge on any atom is 0.0488 e. The van der Waals surface area contributed by atoms with Crippen molar-refractivity contribution in [1.29, 1.82) is 0 Å². The molecule has 0 bridgehead atoms. The predicted molar refractivity (Wildman–Crippen MR) is 93.1 cm³/mol. The van der Waals surface area contributed by atoms with Gasteiger partial charge < -0.3 is 5.32 Å². The Hall–Kier alpha value is -1.32. The van der Waals surface area contributed by atoms with Crippen LogP contribution in [-0.4, -0.2) is 0 Å². The smallest absolute Gasteiger partial charge is 0.0488 e. The van der Waals surface area contributed by atoms with Crippen LogP contribution in [0.15, 0.2) is 69.6 Å². The molecule has 0 spiro atoms. The van der Waals surface area contributed by atoms with E-state index < -0.39 is 0 Å². The lowest BCUT2D eigenvalue weighted by Crippen LogP contribution is -1.99. The number of rotatable bonds is 3. The van der Waals surface area contributed by atoms with Gasteiger partial charge in [-0.15, -0.1) is 0 Å². The number of hydrogen-bond acceptors (Lipinski definition) is 1. The Morgan fingerprint density at radius 3 is 2.40 bits per heavy atom. The first-order chi connectivity index (χ1) is 9.72. The van der Waals surface area contributed by atoms with Crippen molar-refractivity contribution in [1.82, 2.24) is 0 Å². The standard InChI is InChI=1S/C17H13Br2N/c18-15-7-8-17(16(19)10-15)20-11-12-5-6-13-3-1-2-4-14(13)9-12/h1-10,20H,11H2. The fraction of sp³-hybridized carbons (Fsp3) is 0.0588. The van der Waals surface area contributed by atoms with Crippen LogP contribution in [0.1, 0.15) is 5.56 Å². The molecule has 0 fully saturated rings. The Bertz CT molecular complexity index is 753. The quantitative estimate of drug-likeness (QED) is 0.580. The minimum atomic E-state index is 0.811. The van der Waals surface area contributed by atoms with Crippen LogP contribution < -0.4 is 5.32 Å². The second kappa shape index (κ2) is 5.98. The van der Waals surface area contributed by atoms with Crippen molar-refractivity contribution < 1.29 is 0 Å². The normalized spacial score (nSPS) is 10.7. The van der Waals surface area contributed by atoms with Gasteiger partial charge in [-0.05, 0) is 56.5 Å². The fourth-order valence-electron chi connectivity index (χ4n) is 2.18. The molecule has 3 rings (SSSR count). The molecule has 0 saturated heterocycles. The summed E-state index contributed by atoms with van der Waals surface area (Å²) in [6.07, 6.45) is 0. The molecular formula is C17H13Br2N. The van der Waals surface area contributed by atoms with Crippen LogP contribution in [0, 0.1) is 0 Å². The predicted octanol–water partition coefficient (Wildman–Crippen LogP) is 5.98. The summed E-state index contributed by atoms with van der Waals surface area (Å²) in [5.74, 6) is 0. The van der Waals surface area contributed by atoms with Gasteiger partial charge in [0.1, 0.15) is 0 Å². The third-order valence-electron chi connectivity index (χ3n) is 3.23. The largest absolute Gasteiger partial charge is 0.380 e. The SMILES string of the molecule is Brc1ccc(NCc2ccc3ccccc3c2)c(Br)c1. The molecule has 0 aliphatic rings. The lowest BCUT2D eigenvalue weighted by Gasteiger charge is -2.10. The van der Waals surface area contributed by atoms with Crippen LogP contribution in [0.4, 0.5) is 5.69 Å². The van der Waals surface area contributed by atoms with E-state index >= 15 is 0 Å². The van der Waals surface area contributed by atoms with E-state index in [9.17, 15) is 0 Å². The van der Waals surface area contributed by atoms with E-state index in [1.165, 1.54) is 16.3 Å². The molecule has 0 aliphatic carbocycles. The molecule has 3 aromatic carbocycles. The second-order valence-corrected chi connectivity index (χ2v) is 6.43. The summed E-state index contributed by atoms with van der Waals surface area (Å²) in [4.78, 5) is 0. The van der Waals surface area contributed by atoms with Gasteiger partial charge in [-0.3, -0.25) is 0 Å². The summed E-state index contributed by atoms with van der Waals surface area (Å²) in [5, 5.41) is 6.01. The molecule has 0 unspecified atom stereocenters. The molecule has 1 nitrogen and oxygen atoms in total. The average molecular weight is 391 g/mol. The number of halogens is 2. The molecule has 0 aliphatic heterocycles. The molecule has 100 valence electrons. The van der Waals surface area contributed by atoms with E-state index in [2.05, 4.69) is 85.7 Å². The van der Waals surface area contributed by atoms with Gasteiger partial charge in [0.05, 0.1) is 0 Å². The van der Waals surface area contributed by atoms with Gasteiger partial charge in [0.2, 0.25) is 0 Å². The Morgan fingerprint density at radius 1 is 0.800 bits per heavy atom. The van der Waals surface area contributed by atoms with Gasteiger partial charge in [-0.25, -0.2) is 0 Å². The van der Waals surface area contributed by atoms with Gasteiger partial charge in [0.15, 0.2) is 0 Å². The van der Waals surface area contributed by atoms with E-state index in [1.54, 1.807) is 0 Å². The van der Waals surface area contributed by atoms with Crippen molar-refractivity contribution in [3.63, 3.8) is 0 Å². The highest BCUT2D eigenvalue weighted by molar-refractivity contribution is 9.11. The van der Waals surface area contributed by atoms with Crippen molar-refractivity contribution in [2.75, 3.05) is 5.32 Å². The number of benzene rings is 3. The van der Waals surface area contributed by atoms with E-state index in [4.69, 9.17) is 0 Å². The molecule has 20 heavy (non-hydrogen) atoms. The van der Waals surface area contributed by atoms with E-state index in [-0.39, 0.29) is 0 Å². The summed E-state index contributed by atoms with van der Waals surface area (Å²) in [5.41, 5.74) is 2.37. The molecule has 3 aromatic rings. The highest BCUT2D eigenvalue weighted by atomic mass is 79.9. The Morgan fingerprint density at radius 2 is 1.60 bits per heavy atom. The first-order valence-electron chi connectivity index (χ1n) is 6.39. The summed E-state index contributed by atoms with van der Waals surface area (Å²) in [7, 11) is 0. The number of anilines is 1. The summed E-state index contributed by atoms with van der Waals surface area (Å²) < 4.78 is 2.13. The lowest BCUT2D eigenvalue weighted by atomic mass is 10.1. The average Bonchev–Trinajstić information content (AvgIpc) is 2.46. The molecular weight excluding hydrogens is 378 g/mol. The number of nitrogens with one attached hydrogen (secondary N) is 1. The van der Waals surface area contributed by atoms with Crippen LogP contribution in [-0.2, 0) is 6.54 Å². The number of fused-ring (bicyclic) bond motifs is 1. The van der Waals surface area contributed by atoms with Gasteiger partial charge in [-0.2, -0.15) is 0 Å². The monoisotopic (exact) mass is 389 g/mol. The Kier molecular flexibility index (Phi) is 4.08. The summed E-state index contributed by atoms with van der Waals surface area (Å²) in [6.45, 7) is 0.811. The molecule has 0 atom stereocenters. The van der Waals surface area contributed by atoms with E-state index in [0.717, 1.165) is 21.2 Å². The fourth-order valence-corrected chi connectivity index (χ4v) is 3.37. The minimum absolute atomic E-state index is 0.811. The van der Waals surface area contributed by atoms with Crippen LogP contribution in [0.2, 0.25) is 0 Å². The first-order valence-corrected chi connectivity index (χ1v) is 7.97. The van der Waals surface area contributed by atoms with Crippen molar-refractivity contribution in [3.8, 4) is 0 Å². The zero-order valence-corrected chi connectivity index (χ0v) is 13.9. The van der Waals surface area contributed by atoms with Crippen molar-refractivity contribution in [3.05, 3.63) is 75.2 Å². The summed E-state index contributed by atoms with van der Waals surface area (Å²) >= 11 is 7.03. The Labute approximate surface area is 135 Å². The zero-order valence-electron chi connectivity index (χ0n) is 10.7. The van der Waals surface area contributed by atoms with Crippen LogP contribution in [0.25, 0.3) is 10.8 Å². The highest BCUT2D eigenvalue weighted by Crippen LogP contribution is 2.26. The van der Waals surface area contributed by atoms with Crippen LogP contribution in [0.5, 0.6) is 0 Å². The third kappa shape index (κ3) is 3.05. The van der Waals surface area contributed by atoms with Gasteiger partial charge in [-0.1, -0.05) is 52.3 Å². The second-order valence-electron chi connectivity index (χ2n) is 4.66. The Balaban J connectivity index is 1.79. The molecule has 0 radical (unpaired) electrons. The van der Waals surface area contributed by atoms with Crippen molar-refractivity contribution in [2.45, 2.75) is 6.54 Å². The highest BCUT2D eigenvalue weighted by Gasteiger charge is 2.01. The maximum atomic E-state index is 3.57. The third-order valence-corrected chi connectivity index (χ3v) is 4.38. The van der Waals surface area contributed by atoms with E-state index in [0.29, 0.717) is 0 Å². The van der Waals surface area contributed by atoms with Crippen LogP contribution >= 0.6 is 31.9 Å². The molecule has 1 N–H and O–H groups in total. The first kappa shape index (κ1) is 13.7. The minimum Gasteiger partial charge on any atom is -0.380 e. The van der Waals surface area contributed by atoms with Gasteiger partial charge in [0.25, 0.3) is 0 Å². The molecule has 0 saturated carbocycles. The van der Waals surface area contributed by atoms with Crippen LogP contribution in [0.3, 0.4) is 0 Å². The van der Waals surface area contributed by atoms with Crippen molar-refractivity contribution >= 4 is 48.3 Å².